The quantitative estimate of drug-likeness (QED) is 0.852. The molecule has 6 nitrogen and oxygen atoms in total. The molecule has 2 aliphatic carbocycles. The van der Waals surface area contributed by atoms with Crippen LogP contribution in [0.3, 0.4) is 0 Å². The predicted octanol–water partition coefficient (Wildman–Crippen LogP) is 2.92. The third kappa shape index (κ3) is 3.94. The van der Waals surface area contributed by atoms with Gasteiger partial charge in [-0.15, -0.1) is 11.3 Å². The Morgan fingerprint density at radius 3 is 2.74 bits per heavy atom. The fourth-order valence-corrected chi connectivity index (χ4v) is 5.71. The second-order valence-corrected chi connectivity index (χ2v) is 9.24. The van der Waals surface area contributed by atoms with E-state index in [2.05, 4.69) is 29.0 Å². The fraction of sp³-hybridized carbons (Fsp3) is 0.650. The molecule has 27 heavy (non-hydrogen) atoms. The number of carbonyl (C=O) groups is 1. The lowest BCUT2D eigenvalue weighted by Gasteiger charge is -2.32. The van der Waals surface area contributed by atoms with Crippen molar-refractivity contribution in [1.82, 2.24) is 14.9 Å². The van der Waals surface area contributed by atoms with Crippen LogP contribution in [0, 0.1) is 5.92 Å². The average molecular weight is 389 g/mol. The summed E-state index contributed by atoms with van der Waals surface area (Å²) in [7, 11) is 4.31. The SMILES string of the molecule is CN(C)C1CCC(Oc2ncnc3sc4c(c23)C[C@@H](CC(N)=O)CC4)CC1. The first-order valence-electron chi connectivity index (χ1n) is 9.88. The number of hydrogen-bond donors (Lipinski definition) is 1. The molecule has 1 saturated carbocycles. The van der Waals surface area contributed by atoms with Crippen LogP contribution in [0.25, 0.3) is 10.2 Å². The highest BCUT2D eigenvalue weighted by Crippen LogP contribution is 2.41. The molecule has 2 aromatic rings. The number of primary amides is 1. The minimum atomic E-state index is -0.214. The zero-order valence-corrected chi connectivity index (χ0v) is 16.9. The van der Waals surface area contributed by atoms with Gasteiger partial charge in [0.25, 0.3) is 0 Å². The molecule has 0 unspecified atom stereocenters. The van der Waals surface area contributed by atoms with E-state index in [0.29, 0.717) is 18.4 Å². The largest absolute Gasteiger partial charge is 0.474 e. The number of aryl methyl sites for hydroxylation is 1. The Kier molecular flexibility index (Phi) is 5.32. The normalized spacial score (nSPS) is 25.5. The summed E-state index contributed by atoms with van der Waals surface area (Å²) in [6, 6.07) is 0.652. The molecule has 1 amide bonds. The second kappa shape index (κ2) is 7.72. The molecule has 0 bridgehead atoms. The number of fused-ring (bicyclic) bond motifs is 3. The summed E-state index contributed by atoms with van der Waals surface area (Å²) in [6.45, 7) is 0. The predicted molar refractivity (Wildman–Crippen MR) is 107 cm³/mol. The molecule has 1 fully saturated rings. The zero-order chi connectivity index (χ0) is 19.0. The fourth-order valence-electron chi connectivity index (χ4n) is 4.54. The van der Waals surface area contributed by atoms with Gasteiger partial charge in [0.2, 0.25) is 11.8 Å². The Morgan fingerprint density at radius 2 is 2.04 bits per heavy atom. The van der Waals surface area contributed by atoms with Crippen molar-refractivity contribution in [3.05, 3.63) is 16.8 Å². The first-order valence-corrected chi connectivity index (χ1v) is 10.7. The second-order valence-electron chi connectivity index (χ2n) is 8.15. The Hall–Kier alpha value is -1.73. The Labute approximate surface area is 164 Å². The van der Waals surface area contributed by atoms with Crippen LogP contribution in [-0.2, 0) is 17.6 Å². The van der Waals surface area contributed by atoms with Gasteiger partial charge in [-0.25, -0.2) is 9.97 Å². The first kappa shape index (κ1) is 18.6. The molecule has 7 heteroatoms. The van der Waals surface area contributed by atoms with Crippen LogP contribution >= 0.6 is 11.3 Å². The van der Waals surface area contributed by atoms with Gasteiger partial charge in [-0.3, -0.25) is 4.79 Å². The van der Waals surface area contributed by atoms with Gasteiger partial charge >= 0.3 is 0 Å². The molecular weight excluding hydrogens is 360 g/mol. The van der Waals surface area contributed by atoms with Crippen molar-refractivity contribution in [2.75, 3.05) is 14.1 Å². The van der Waals surface area contributed by atoms with Gasteiger partial charge in [0, 0.05) is 17.3 Å². The molecule has 0 spiro atoms. The van der Waals surface area contributed by atoms with E-state index in [0.717, 1.165) is 61.0 Å². The van der Waals surface area contributed by atoms with Gasteiger partial charge in [-0.1, -0.05) is 0 Å². The third-order valence-electron chi connectivity index (χ3n) is 6.05. The van der Waals surface area contributed by atoms with Crippen molar-refractivity contribution in [1.29, 1.82) is 0 Å². The maximum Gasteiger partial charge on any atom is 0.225 e. The van der Waals surface area contributed by atoms with E-state index in [-0.39, 0.29) is 12.0 Å². The number of aromatic nitrogens is 2. The molecule has 0 saturated heterocycles. The van der Waals surface area contributed by atoms with Crippen LogP contribution in [0.4, 0.5) is 0 Å². The number of hydrogen-bond acceptors (Lipinski definition) is 6. The highest BCUT2D eigenvalue weighted by molar-refractivity contribution is 7.18. The minimum Gasteiger partial charge on any atom is -0.474 e. The van der Waals surface area contributed by atoms with Gasteiger partial charge in [0.15, 0.2) is 0 Å². The van der Waals surface area contributed by atoms with E-state index >= 15 is 0 Å². The highest BCUT2D eigenvalue weighted by atomic mass is 32.1. The number of ether oxygens (including phenoxy) is 1. The number of thiophene rings is 1. The maximum absolute atomic E-state index is 11.4. The van der Waals surface area contributed by atoms with Crippen molar-refractivity contribution in [3.63, 3.8) is 0 Å². The average Bonchev–Trinajstić information content (AvgIpc) is 3.00. The van der Waals surface area contributed by atoms with E-state index in [1.165, 1.54) is 10.4 Å². The highest BCUT2D eigenvalue weighted by Gasteiger charge is 2.29. The number of nitrogens with two attached hydrogens (primary N) is 1. The first-order chi connectivity index (χ1) is 13.0. The van der Waals surface area contributed by atoms with Crippen LogP contribution in [0.5, 0.6) is 5.88 Å². The summed E-state index contributed by atoms with van der Waals surface area (Å²) in [5.74, 6) is 0.829. The van der Waals surface area contributed by atoms with E-state index in [1.54, 1.807) is 17.7 Å². The standard InChI is InChI=1S/C20H28N4O2S/c1-24(2)13-4-6-14(7-5-13)26-19-18-15-9-12(10-17(21)25)3-8-16(15)27-20(18)23-11-22-19/h11-14H,3-10H2,1-2H3,(H2,21,25)/t12-,13?,14?/m0/s1. The molecule has 2 N–H and O–H groups in total. The smallest absolute Gasteiger partial charge is 0.225 e. The molecule has 146 valence electrons. The monoisotopic (exact) mass is 388 g/mol. The van der Waals surface area contributed by atoms with E-state index in [9.17, 15) is 4.79 Å². The summed E-state index contributed by atoms with van der Waals surface area (Å²) in [6.07, 6.45) is 9.61. The molecule has 2 aromatic heterocycles. The van der Waals surface area contributed by atoms with Gasteiger partial charge in [-0.2, -0.15) is 0 Å². The topological polar surface area (TPSA) is 81.3 Å². The van der Waals surface area contributed by atoms with E-state index in [1.807, 2.05) is 0 Å². The summed E-state index contributed by atoms with van der Waals surface area (Å²) >= 11 is 1.75. The summed E-state index contributed by atoms with van der Waals surface area (Å²) in [4.78, 5) is 25.0. The van der Waals surface area contributed by atoms with Crippen LogP contribution in [0.15, 0.2) is 6.33 Å². The Morgan fingerprint density at radius 1 is 1.26 bits per heavy atom. The van der Waals surface area contributed by atoms with E-state index < -0.39 is 0 Å². The van der Waals surface area contributed by atoms with Gasteiger partial charge in [-0.05, 0) is 70.5 Å². The van der Waals surface area contributed by atoms with Crippen LogP contribution in [0.2, 0.25) is 0 Å². The number of nitrogens with zero attached hydrogens (tertiary/aromatic N) is 3. The summed E-state index contributed by atoms with van der Waals surface area (Å²) < 4.78 is 6.38. The zero-order valence-electron chi connectivity index (χ0n) is 16.1. The lowest BCUT2D eigenvalue weighted by atomic mass is 9.85. The molecule has 0 aliphatic heterocycles. The van der Waals surface area contributed by atoms with Crippen LogP contribution < -0.4 is 10.5 Å². The lowest BCUT2D eigenvalue weighted by molar-refractivity contribution is -0.119. The van der Waals surface area contributed by atoms with Crippen molar-refractivity contribution in [2.45, 2.75) is 63.5 Å². The molecule has 0 radical (unpaired) electrons. The third-order valence-corrected chi connectivity index (χ3v) is 7.25. The molecule has 2 aliphatic rings. The van der Waals surface area contributed by atoms with Crippen molar-refractivity contribution in [2.24, 2.45) is 11.7 Å². The van der Waals surface area contributed by atoms with Crippen molar-refractivity contribution in [3.8, 4) is 5.88 Å². The number of amides is 1. The van der Waals surface area contributed by atoms with Crippen LogP contribution in [-0.4, -0.2) is 47.0 Å². The molecular formula is C20H28N4O2S. The van der Waals surface area contributed by atoms with Gasteiger partial charge in [0.05, 0.1) is 5.39 Å². The molecule has 1 atom stereocenters. The minimum absolute atomic E-state index is 0.214. The Bertz CT molecular complexity index is 827. The number of carbonyl (C=O) groups excluding carboxylic acids is 1. The number of rotatable bonds is 5. The molecule has 0 aromatic carbocycles. The van der Waals surface area contributed by atoms with Gasteiger partial charge in [0.1, 0.15) is 17.3 Å². The molecule has 4 rings (SSSR count). The van der Waals surface area contributed by atoms with Crippen LogP contribution in [0.1, 0.15) is 49.0 Å². The summed E-state index contributed by atoms with van der Waals surface area (Å²) in [5, 5.41) is 1.07. The van der Waals surface area contributed by atoms with Gasteiger partial charge < -0.3 is 15.4 Å². The summed E-state index contributed by atoms with van der Waals surface area (Å²) in [5.41, 5.74) is 6.71. The maximum atomic E-state index is 11.4. The lowest BCUT2D eigenvalue weighted by Crippen LogP contribution is -2.35. The molecule has 2 heterocycles. The van der Waals surface area contributed by atoms with Crippen molar-refractivity contribution >= 4 is 27.5 Å². The van der Waals surface area contributed by atoms with Crippen molar-refractivity contribution < 1.29 is 9.53 Å². The Balaban J connectivity index is 1.56. The van der Waals surface area contributed by atoms with E-state index in [4.69, 9.17) is 10.5 Å².